The molecule has 0 spiro atoms. The highest BCUT2D eigenvalue weighted by Gasteiger charge is 2.09. The first-order valence-corrected chi connectivity index (χ1v) is 5.83. The van der Waals surface area contributed by atoms with Crippen LogP contribution in [-0.2, 0) is 4.79 Å². The summed E-state index contributed by atoms with van der Waals surface area (Å²) >= 11 is 0. The van der Waals surface area contributed by atoms with Gasteiger partial charge in [-0.1, -0.05) is 6.07 Å². The Morgan fingerprint density at radius 2 is 2.17 bits per heavy atom. The molecule has 100 valence electrons. The number of nitrogens with one attached hydrogen (secondary N) is 1. The van der Waals surface area contributed by atoms with E-state index in [9.17, 15) is 4.79 Å². The lowest BCUT2D eigenvalue weighted by Gasteiger charge is -2.13. The van der Waals surface area contributed by atoms with E-state index in [2.05, 4.69) is 5.32 Å². The molecule has 0 fully saturated rings. The maximum Gasteiger partial charge on any atom is 0.258 e. The van der Waals surface area contributed by atoms with E-state index in [0.717, 1.165) is 5.56 Å². The SMILES string of the molecule is COc1cc(C)ccc1OCC(=O)NC(C)CN. The summed E-state index contributed by atoms with van der Waals surface area (Å²) in [6, 6.07) is 5.49. The Morgan fingerprint density at radius 1 is 1.44 bits per heavy atom. The number of benzene rings is 1. The predicted molar refractivity (Wildman–Crippen MR) is 69.9 cm³/mol. The lowest BCUT2D eigenvalue weighted by atomic mass is 10.2. The molecule has 0 aliphatic heterocycles. The summed E-state index contributed by atoms with van der Waals surface area (Å²) in [4.78, 5) is 11.5. The second-order valence-electron chi connectivity index (χ2n) is 4.15. The molecule has 0 aliphatic rings. The van der Waals surface area contributed by atoms with Crippen LogP contribution in [-0.4, -0.2) is 32.2 Å². The van der Waals surface area contributed by atoms with Crippen molar-refractivity contribution in [3.8, 4) is 11.5 Å². The first-order chi connectivity index (χ1) is 8.56. The van der Waals surface area contributed by atoms with Crippen LogP contribution < -0.4 is 20.5 Å². The van der Waals surface area contributed by atoms with Gasteiger partial charge in [-0.15, -0.1) is 0 Å². The molecule has 0 aromatic heterocycles. The van der Waals surface area contributed by atoms with Gasteiger partial charge in [-0.2, -0.15) is 0 Å². The van der Waals surface area contributed by atoms with Crippen LogP contribution in [0.5, 0.6) is 11.5 Å². The molecule has 0 saturated heterocycles. The van der Waals surface area contributed by atoms with Crippen LogP contribution in [0.1, 0.15) is 12.5 Å². The Balaban J connectivity index is 2.55. The molecular weight excluding hydrogens is 232 g/mol. The van der Waals surface area contributed by atoms with Crippen molar-refractivity contribution in [1.82, 2.24) is 5.32 Å². The van der Waals surface area contributed by atoms with E-state index < -0.39 is 0 Å². The molecule has 1 atom stereocenters. The number of rotatable bonds is 6. The number of carbonyl (C=O) groups excluding carboxylic acids is 1. The molecule has 0 aliphatic carbocycles. The molecule has 0 saturated carbocycles. The Hall–Kier alpha value is -1.75. The number of hydrogen-bond donors (Lipinski definition) is 2. The largest absolute Gasteiger partial charge is 0.493 e. The number of hydrogen-bond acceptors (Lipinski definition) is 4. The van der Waals surface area contributed by atoms with Crippen molar-refractivity contribution in [1.29, 1.82) is 0 Å². The van der Waals surface area contributed by atoms with Crippen molar-refractivity contribution in [2.24, 2.45) is 5.73 Å². The Kier molecular flexibility index (Phi) is 5.45. The first kappa shape index (κ1) is 14.3. The van der Waals surface area contributed by atoms with Gasteiger partial charge in [0, 0.05) is 12.6 Å². The second kappa shape index (κ2) is 6.86. The van der Waals surface area contributed by atoms with Crippen LogP contribution in [0.3, 0.4) is 0 Å². The fraction of sp³-hybridized carbons (Fsp3) is 0.462. The average Bonchev–Trinajstić information content (AvgIpc) is 2.36. The van der Waals surface area contributed by atoms with E-state index >= 15 is 0 Å². The van der Waals surface area contributed by atoms with E-state index in [-0.39, 0.29) is 18.6 Å². The minimum absolute atomic E-state index is 0.0518. The smallest absolute Gasteiger partial charge is 0.258 e. The molecule has 1 amide bonds. The fourth-order valence-corrected chi connectivity index (χ4v) is 1.41. The van der Waals surface area contributed by atoms with Crippen LogP contribution in [0.2, 0.25) is 0 Å². The number of amides is 1. The first-order valence-electron chi connectivity index (χ1n) is 5.83. The van der Waals surface area contributed by atoms with Crippen LogP contribution >= 0.6 is 0 Å². The minimum atomic E-state index is -0.199. The van der Waals surface area contributed by atoms with Crippen molar-refractivity contribution in [3.05, 3.63) is 23.8 Å². The van der Waals surface area contributed by atoms with E-state index in [0.29, 0.717) is 18.0 Å². The van der Waals surface area contributed by atoms with Crippen LogP contribution in [0.4, 0.5) is 0 Å². The van der Waals surface area contributed by atoms with E-state index in [1.54, 1.807) is 13.2 Å². The quantitative estimate of drug-likeness (QED) is 0.787. The molecule has 0 heterocycles. The molecule has 5 heteroatoms. The fourth-order valence-electron chi connectivity index (χ4n) is 1.41. The molecule has 3 N–H and O–H groups in total. The maximum absolute atomic E-state index is 11.5. The van der Waals surface area contributed by atoms with E-state index in [4.69, 9.17) is 15.2 Å². The van der Waals surface area contributed by atoms with Crippen molar-refractivity contribution in [3.63, 3.8) is 0 Å². The molecule has 5 nitrogen and oxygen atoms in total. The number of carbonyl (C=O) groups is 1. The van der Waals surface area contributed by atoms with Crippen LogP contribution in [0, 0.1) is 6.92 Å². The van der Waals surface area contributed by atoms with Gasteiger partial charge < -0.3 is 20.5 Å². The zero-order valence-corrected chi connectivity index (χ0v) is 11.0. The van der Waals surface area contributed by atoms with Crippen molar-refractivity contribution < 1.29 is 14.3 Å². The molecule has 18 heavy (non-hydrogen) atoms. The van der Waals surface area contributed by atoms with Gasteiger partial charge in [0.2, 0.25) is 0 Å². The number of nitrogens with two attached hydrogens (primary N) is 1. The highest BCUT2D eigenvalue weighted by atomic mass is 16.5. The highest BCUT2D eigenvalue weighted by molar-refractivity contribution is 5.77. The molecule has 0 radical (unpaired) electrons. The summed E-state index contributed by atoms with van der Waals surface area (Å²) in [5.41, 5.74) is 6.48. The average molecular weight is 252 g/mol. The third-order valence-electron chi connectivity index (χ3n) is 2.44. The topological polar surface area (TPSA) is 73.6 Å². The van der Waals surface area contributed by atoms with Gasteiger partial charge in [0.15, 0.2) is 18.1 Å². The standard InChI is InChI=1S/C13H20N2O3/c1-9-4-5-11(12(6-9)17-3)18-8-13(16)15-10(2)7-14/h4-6,10H,7-8,14H2,1-3H3,(H,15,16). The molecule has 1 rings (SSSR count). The molecule has 0 bridgehead atoms. The molecule has 1 unspecified atom stereocenters. The second-order valence-corrected chi connectivity index (χ2v) is 4.15. The Labute approximate surface area is 107 Å². The molecular formula is C13H20N2O3. The van der Waals surface area contributed by atoms with Gasteiger partial charge >= 0.3 is 0 Å². The van der Waals surface area contributed by atoms with Gasteiger partial charge in [-0.25, -0.2) is 0 Å². The predicted octanol–water partition coefficient (Wildman–Crippen LogP) is 0.846. The lowest BCUT2D eigenvalue weighted by molar-refractivity contribution is -0.123. The Morgan fingerprint density at radius 3 is 2.78 bits per heavy atom. The summed E-state index contributed by atoms with van der Waals surface area (Å²) in [5.74, 6) is 0.976. The van der Waals surface area contributed by atoms with E-state index in [1.165, 1.54) is 0 Å². The molecule has 1 aromatic carbocycles. The highest BCUT2D eigenvalue weighted by Crippen LogP contribution is 2.27. The zero-order valence-electron chi connectivity index (χ0n) is 11.0. The third kappa shape index (κ3) is 4.25. The Bertz CT molecular complexity index is 407. The van der Waals surface area contributed by atoms with Gasteiger partial charge in [-0.05, 0) is 31.5 Å². The summed E-state index contributed by atoms with van der Waals surface area (Å²) < 4.78 is 10.6. The summed E-state index contributed by atoms with van der Waals surface area (Å²) in [7, 11) is 1.57. The summed E-state index contributed by atoms with van der Waals surface area (Å²) in [6.45, 7) is 4.15. The zero-order chi connectivity index (χ0) is 13.5. The third-order valence-corrected chi connectivity index (χ3v) is 2.44. The number of ether oxygens (including phenoxy) is 2. The summed E-state index contributed by atoms with van der Waals surface area (Å²) in [5, 5.41) is 2.72. The van der Waals surface area contributed by atoms with Crippen molar-refractivity contribution in [2.45, 2.75) is 19.9 Å². The monoisotopic (exact) mass is 252 g/mol. The van der Waals surface area contributed by atoms with Gasteiger partial charge in [-0.3, -0.25) is 4.79 Å². The summed E-state index contributed by atoms with van der Waals surface area (Å²) in [6.07, 6.45) is 0. The van der Waals surface area contributed by atoms with Crippen LogP contribution in [0.15, 0.2) is 18.2 Å². The van der Waals surface area contributed by atoms with Gasteiger partial charge in [0.1, 0.15) is 0 Å². The van der Waals surface area contributed by atoms with Crippen molar-refractivity contribution in [2.75, 3.05) is 20.3 Å². The number of aryl methyl sites for hydroxylation is 1. The number of methoxy groups -OCH3 is 1. The lowest BCUT2D eigenvalue weighted by Crippen LogP contribution is -2.40. The normalized spacial score (nSPS) is 11.8. The van der Waals surface area contributed by atoms with Crippen molar-refractivity contribution >= 4 is 5.91 Å². The van der Waals surface area contributed by atoms with Gasteiger partial charge in [0.25, 0.3) is 5.91 Å². The van der Waals surface area contributed by atoms with Crippen LogP contribution in [0.25, 0.3) is 0 Å². The van der Waals surface area contributed by atoms with E-state index in [1.807, 2.05) is 26.0 Å². The molecule has 1 aromatic rings. The maximum atomic E-state index is 11.5. The minimum Gasteiger partial charge on any atom is -0.493 e. The van der Waals surface area contributed by atoms with Gasteiger partial charge in [0.05, 0.1) is 7.11 Å².